The van der Waals surface area contributed by atoms with Crippen molar-refractivity contribution in [3.63, 3.8) is 0 Å². The Kier molecular flexibility index (Phi) is 6.16. The first-order valence-corrected chi connectivity index (χ1v) is 10.9. The van der Waals surface area contributed by atoms with E-state index in [1.165, 1.54) is 25.4 Å². The topological polar surface area (TPSA) is 87.5 Å². The molecule has 0 bridgehead atoms. The van der Waals surface area contributed by atoms with Crippen molar-refractivity contribution in [3.05, 3.63) is 42.3 Å². The minimum absolute atomic E-state index is 0.0986. The number of methoxy groups -OCH3 is 1. The fourth-order valence-electron chi connectivity index (χ4n) is 4.03. The van der Waals surface area contributed by atoms with Gasteiger partial charge in [0.1, 0.15) is 11.6 Å². The number of anilines is 1. The van der Waals surface area contributed by atoms with E-state index in [0.29, 0.717) is 17.3 Å². The highest BCUT2D eigenvalue weighted by Crippen LogP contribution is 2.35. The highest BCUT2D eigenvalue weighted by molar-refractivity contribution is 5.75. The lowest BCUT2D eigenvalue weighted by molar-refractivity contribution is 0.127. The molecular formula is C24H29FN6O2. The molecule has 1 fully saturated rings. The van der Waals surface area contributed by atoms with E-state index in [-0.39, 0.29) is 28.3 Å². The van der Waals surface area contributed by atoms with Crippen molar-refractivity contribution in [2.75, 3.05) is 32.1 Å². The quantitative estimate of drug-likeness (QED) is 0.626. The molecule has 1 aromatic carbocycles. The van der Waals surface area contributed by atoms with Crippen molar-refractivity contribution in [1.29, 1.82) is 0 Å². The van der Waals surface area contributed by atoms with E-state index in [9.17, 15) is 9.50 Å². The number of nitrogens with zero attached hydrogens (tertiary/aromatic N) is 6. The molecule has 1 aliphatic rings. The van der Waals surface area contributed by atoms with Crippen LogP contribution < -0.4 is 9.64 Å². The first kappa shape index (κ1) is 22.8. The number of benzene rings is 1. The smallest absolute Gasteiger partial charge is 0.233 e. The predicted octanol–water partition coefficient (Wildman–Crippen LogP) is 3.76. The molecule has 1 N–H and O–H groups in total. The van der Waals surface area contributed by atoms with E-state index in [1.807, 2.05) is 6.07 Å². The van der Waals surface area contributed by atoms with Crippen LogP contribution >= 0.6 is 0 Å². The van der Waals surface area contributed by atoms with E-state index in [1.54, 1.807) is 12.1 Å². The van der Waals surface area contributed by atoms with Gasteiger partial charge in [-0.25, -0.2) is 4.39 Å². The number of aromatic nitrogens is 4. The molecule has 2 aromatic heterocycles. The van der Waals surface area contributed by atoms with Crippen LogP contribution in [0.15, 0.2) is 36.5 Å². The summed E-state index contributed by atoms with van der Waals surface area (Å²) in [4.78, 5) is 4.60. The summed E-state index contributed by atoms with van der Waals surface area (Å²) in [5, 5.41) is 26.8. The monoisotopic (exact) mass is 452 g/mol. The summed E-state index contributed by atoms with van der Waals surface area (Å²) in [6.07, 6.45) is 2.47. The lowest BCUT2D eigenvalue weighted by atomic mass is 10.0. The Hall–Kier alpha value is -3.33. The third kappa shape index (κ3) is 4.73. The molecule has 1 atom stereocenters. The number of phenolic OH excluding ortho intramolecular Hbond substituents is 1. The molecular weight excluding hydrogens is 423 g/mol. The number of aromatic hydroxyl groups is 1. The zero-order valence-electron chi connectivity index (χ0n) is 19.6. The van der Waals surface area contributed by atoms with Crippen molar-refractivity contribution < 1.29 is 14.2 Å². The number of phenols is 1. The van der Waals surface area contributed by atoms with Crippen LogP contribution in [0.5, 0.6) is 11.6 Å². The number of halogens is 1. The van der Waals surface area contributed by atoms with Crippen LogP contribution in [0.25, 0.3) is 22.4 Å². The molecule has 1 aliphatic heterocycles. The van der Waals surface area contributed by atoms with Gasteiger partial charge in [0, 0.05) is 47.4 Å². The van der Waals surface area contributed by atoms with Gasteiger partial charge in [0.15, 0.2) is 5.82 Å². The Morgan fingerprint density at radius 1 is 1.12 bits per heavy atom. The maximum absolute atomic E-state index is 14.9. The van der Waals surface area contributed by atoms with Crippen LogP contribution in [0.4, 0.5) is 10.2 Å². The third-order valence-electron chi connectivity index (χ3n) is 6.26. The first-order valence-electron chi connectivity index (χ1n) is 10.9. The van der Waals surface area contributed by atoms with Crippen molar-refractivity contribution in [2.45, 2.75) is 38.8 Å². The van der Waals surface area contributed by atoms with Gasteiger partial charge < -0.3 is 14.7 Å². The lowest BCUT2D eigenvalue weighted by Gasteiger charge is -2.36. The zero-order chi connectivity index (χ0) is 23.8. The van der Waals surface area contributed by atoms with Gasteiger partial charge in [-0.3, -0.25) is 4.90 Å². The van der Waals surface area contributed by atoms with E-state index in [2.05, 4.69) is 58.0 Å². The summed E-state index contributed by atoms with van der Waals surface area (Å²) in [5.74, 6) is 0.415. The van der Waals surface area contributed by atoms with E-state index in [0.717, 1.165) is 25.3 Å². The summed E-state index contributed by atoms with van der Waals surface area (Å²) < 4.78 is 20.0. The van der Waals surface area contributed by atoms with Crippen molar-refractivity contribution in [3.8, 4) is 34.0 Å². The van der Waals surface area contributed by atoms with Crippen LogP contribution in [0.1, 0.15) is 27.2 Å². The summed E-state index contributed by atoms with van der Waals surface area (Å²) in [5.41, 5.74) is 1.42. The Morgan fingerprint density at radius 2 is 1.91 bits per heavy atom. The fraction of sp³-hybridized carbons (Fsp3) is 0.417. The molecule has 0 aliphatic carbocycles. The largest absolute Gasteiger partial charge is 0.507 e. The van der Waals surface area contributed by atoms with Gasteiger partial charge in [-0.2, -0.15) is 5.10 Å². The SMILES string of the molecule is COc1cc(-c2cc(O)c(-c3ccc(N4CC[C@@H](N(C)C(C)(C)C)C4)nn3)cc2F)cnn1. The molecule has 3 aromatic rings. The molecule has 0 unspecified atom stereocenters. The molecule has 1 saturated heterocycles. The summed E-state index contributed by atoms with van der Waals surface area (Å²) in [6, 6.07) is 8.23. The van der Waals surface area contributed by atoms with Gasteiger partial charge >= 0.3 is 0 Å². The van der Waals surface area contributed by atoms with Crippen molar-refractivity contribution in [1.82, 2.24) is 25.3 Å². The third-order valence-corrected chi connectivity index (χ3v) is 6.26. The molecule has 0 saturated carbocycles. The van der Waals surface area contributed by atoms with Gasteiger partial charge in [-0.15, -0.1) is 15.3 Å². The Balaban J connectivity index is 1.54. The normalized spacial score (nSPS) is 16.5. The molecule has 0 radical (unpaired) electrons. The van der Waals surface area contributed by atoms with Crippen LogP contribution in [0, 0.1) is 5.82 Å². The first-order chi connectivity index (χ1) is 15.7. The van der Waals surface area contributed by atoms with E-state index in [4.69, 9.17) is 4.74 Å². The van der Waals surface area contributed by atoms with E-state index >= 15 is 0 Å². The van der Waals surface area contributed by atoms with Crippen LogP contribution in [0.2, 0.25) is 0 Å². The fourth-order valence-corrected chi connectivity index (χ4v) is 4.03. The van der Waals surface area contributed by atoms with Gasteiger partial charge in [0.25, 0.3) is 0 Å². The number of ether oxygens (including phenoxy) is 1. The number of rotatable bonds is 5. The molecule has 174 valence electrons. The predicted molar refractivity (Wildman–Crippen MR) is 125 cm³/mol. The van der Waals surface area contributed by atoms with Crippen LogP contribution in [-0.4, -0.2) is 69.2 Å². The van der Waals surface area contributed by atoms with E-state index < -0.39 is 5.82 Å². The van der Waals surface area contributed by atoms with Crippen molar-refractivity contribution >= 4 is 5.82 Å². The maximum atomic E-state index is 14.9. The average Bonchev–Trinajstić information content (AvgIpc) is 3.29. The number of hydrogen-bond donors (Lipinski definition) is 1. The van der Waals surface area contributed by atoms with Gasteiger partial charge in [-0.1, -0.05) is 0 Å². The van der Waals surface area contributed by atoms with Crippen LogP contribution in [0.3, 0.4) is 0 Å². The second-order valence-corrected chi connectivity index (χ2v) is 9.28. The number of likely N-dealkylation sites (N-methyl/N-ethyl adjacent to an activating group) is 1. The summed E-state index contributed by atoms with van der Waals surface area (Å²) in [7, 11) is 3.61. The zero-order valence-corrected chi connectivity index (χ0v) is 19.6. The van der Waals surface area contributed by atoms with Gasteiger partial charge in [0.2, 0.25) is 5.88 Å². The highest BCUT2D eigenvalue weighted by atomic mass is 19.1. The summed E-state index contributed by atoms with van der Waals surface area (Å²) >= 11 is 0. The second-order valence-electron chi connectivity index (χ2n) is 9.28. The number of hydrogen-bond acceptors (Lipinski definition) is 8. The van der Waals surface area contributed by atoms with Crippen LogP contribution in [-0.2, 0) is 0 Å². The molecule has 8 nitrogen and oxygen atoms in total. The Morgan fingerprint density at radius 3 is 2.58 bits per heavy atom. The molecule has 9 heteroatoms. The molecule has 3 heterocycles. The lowest BCUT2D eigenvalue weighted by Crippen LogP contribution is -2.46. The molecule has 0 spiro atoms. The Labute approximate surface area is 193 Å². The van der Waals surface area contributed by atoms with Crippen molar-refractivity contribution in [2.24, 2.45) is 0 Å². The summed E-state index contributed by atoms with van der Waals surface area (Å²) in [6.45, 7) is 8.41. The highest BCUT2D eigenvalue weighted by Gasteiger charge is 2.32. The standard InChI is InChI=1S/C24H29FN6O2/c1-24(2,3)30(4)16-8-9-31(14-16)22-7-6-20(27-28-22)18-11-19(25)17(12-21(18)32)15-10-23(33-5)29-26-13-15/h6-7,10-13,16,32H,8-9,14H2,1-5H3/t16-/m1/s1. The average molecular weight is 453 g/mol. The molecule has 4 rings (SSSR count). The van der Waals surface area contributed by atoms with Gasteiger partial charge in [-0.05, 0) is 58.5 Å². The molecule has 0 amide bonds. The minimum Gasteiger partial charge on any atom is -0.507 e. The van der Waals surface area contributed by atoms with Gasteiger partial charge in [0.05, 0.1) is 19.0 Å². The second kappa shape index (κ2) is 8.90. The maximum Gasteiger partial charge on any atom is 0.233 e. The minimum atomic E-state index is -0.517. The molecule has 33 heavy (non-hydrogen) atoms. The Bertz CT molecular complexity index is 1130.